The number of para-hydroxylation sites is 1. The van der Waals surface area contributed by atoms with Gasteiger partial charge in [-0.2, -0.15) is 5.26 Å². The molecule has 9 heteroatoms. The minimum absolute atomic E-state index is 0.00365. The first-order valence-electron chi connectivity index (χ1n) is 8.39. The molecule has 8 nitrogen and oxygen atoms in total. The van der Waals surface area contributed by atoms with E-state index in [0.717, 1.165) is 0 Å². The fraction of sp³-hybridized carbons (Fsp3) is 0.211. The lowest BCUT2D eigenvalue weighted by molar-refractivity contribution is -0.123. The minimum Gasteiger partial charge on any atom is -0.449 e. The summed E-state index contributed by atoms with van der Waals surface area (Å²) < 4.78 is 31.5. The third kappa shape index (κ3) is 5.16. The van der Waals surface area contributed by atoms with Gasteiger partial charge < -0.3 is 10.1 Å². The summed E-state index contributed by atoms with van der Waals surface area (Å²) in [6, 6.07) is 13.7. The molecule has 1 unspecified atom stereocenters. The highest BCUT2D eigenvalue weighted by atomic mass is 32.2. The Morgan fingerprint density at radius 3 is 2.57 bits per heavy atom. The number of amides is 1. The molecule has 0 bridgehead atoms. The number of anilines is 1. The lowest BCUT2D eigenvalue weighted by Gasteiger charge is -2.14. The van der Waals surface area contributed by atoms with Crippen LogP contribution in [0, 0.1) is 11.3 Å². The highest BCUT2D eigenvalue weighted by Gasteiger charge is 2.21. The summed E-state index contributed by atoms with van der Waals surface area (Å²) in [6.07, 6.45) is -1.16. The van der Waals surface area contributed by atoms with Crippen molar-refractivity contribution in [1.82, 2.24) is 4.72 Å². The normalized spacial score (nSPS) is 11.9. The number of esters is 1. The maximum absolute atomic E-state index is 12.3. The Balaban J connectivity index is 2.10. The topological polar surface area (TPSA) is 125 Å². The standard InChI is InChI=1S/C19H19N3O5S/c1-3-21-28(25,26)16-9-6-8-14(11-16)19(24)27-13(2)18(23)22-17-10-5-4-7-15(17)12-20/h4-11,13,21H,3H2,1-2H3,(H,22,23). The average Bonchev–Trinajstić information content (AvgIpc) is 2.68. The van der Waals surface area contributed by atoms with Gasteiger partial charge in [0.1, 0.15) is 6.07 Å². The first-order chi connectivity index (χ1) is 13.3. The van der Waals surface area contributed by atoms with E-state index in [-0.39, 0.29) is 22.6 Å². The second-order valence-corrected chi connectivity index (χ2v) is 7.49. The van der Waals surface area contributed by atoms with Gasteiger partial charge in [-0.05, 0) is 37.3 Å². The Bertz CT molecular complexity index is 1030. The van der Waals surface area contributed by atoms with Gasteiger partial charge in [-0.25, -0.2) is 17.9 Å². The van der Waals surface area contributed by atoms with E-state index in [0.29, 0.717) is 5.69 Å². The number of hydrogen-bond donors (Lipinski definition) is 2. The van der Waals surface area contributed by atoms with Crippen LogP contribution in [-0.2, 0) is 19.6 Å². The van der Waals surface area contributed by atoms with Crippen molar-refractivity contribution in [1.29, 1.82) is 5.26 Å². The summed E-state index contributed by atoms with van der Waals surface area (Å²) in [6.45, 7) is 3.22. The fourth-order valence-electron chi connectivity index (χ4n) is 2.27. The van der Waals surface area contributed by atoms with Crippen LogP contribution in [0.4, 0.5) is 5.69 Å². The highest BCUT2D eigenvalue weighted by molar-refractivity contribution is 7.89. The maximum atomic E-state index is 12.3. The Labute approximate surface area is 163 Å². The van der Waals surface area contributed by atoms with Gasteiger partial charge in [0.2, 0.25) is 10.0 Å². The number of nitriles is 1. The largest absolute Gasteiger partial charge is 0.449 e. The number of rotatable bonds is 7. The molecule has 0 radical (unpaired) electrons. The molecule has 0 fully saturated rings. The SMILES string of the molecule is CCNS(=O)(=O)c1cccc(C(=O)OC(C)C(=O)Nc2ccccc2C#N)c1. The first-order valence-corrected chi connectivity index (χ1v) is 9.87. The molecule has 2 N–H and O–H groups in total. The Morgan fingerprint density at radius 2 is 1.89 bits per heavy atom. The van der Waals surface area contributed by atoms with Crippen molar-refractivity contribution < 1.29 is 22.7 Å². The van der Waals surface area contributed by atoms with E-state index in [1.807, 2.05) is 6.07 Å². The zero-order valence-corrected chi connectivity index (χ0v) is 16.1. The van der Waals surface area contributed by atoms with Gasteiger partial charge in [-0.15, -0.1) is 0 Å². The molecular weight excluding hydrogens is 382 g/mol. The minimum atomic E-state index is -3.73. The second kappa shape index (κ2) is 9.12. The van der Waals surface area contributed by atoms with Gasteiger partial charge in [-0.3, -0.25) is 4.79 Å². The number of carbonyl (C=O) groups is 2. The summed E-state index contributed by atoms with van der Waals surface area (Å²) in [7, 11) is -3.73. The van der Waals surface area contributed by atoms with E-state index in [2.05, 4.69) is 10.0 Å². The van der Waals surface area contributed by atoms with Crippen molar-refractivity contribution in [3.05, 3.63) is 59.7 Å². The molecule has 28 heavy (non-hydrogen) atoms. The molecule has 0 aromatic heterocycles. The van der Waals surface area contributed by atoms with E-state index < -0.39 is 28.0 Å². The van der Waals surface area contributed by atoms with Crippen molar-refractivity contribution in [3.8, 4) is 6.07 Å². The van der Waals surface area contributed by atoms with Crippen LogP contribution in [0.1, 0.15) is 29.8 Å². The van der Waals surface area contributed by atoms with Gasteiger partial charge in [0, 0.05) is 6.54 Å². The number of benzene rings is 2. The van der Waals surface area contributed by atoms with Gasteiger partial charge in [0.05, 0.1) is 21.7 Å². The summed E-state index contributed by atoms with van der Waals surface area (Å²) in [4.78, 5) is 24.5. The molecular formula is C19H19N3O5S. The maximum Gasteiger partial charge on any atom is 0.338 e. The molecule has 146 valence electrons. The first kappa shape index (κ1) is 21.1. The lowest BCUT2D eigenvalue weighted by atomic mass is 10.2. The molecule has 0 spiro atoms. The number of nitrogens with zero attached hydrogens (tertiary/aromatic N) is 1. The van der Waals surface area contributed by atoms with E-state index in [1.54, 1.807) is 31.2 Å². The molecule has 1 atom stereocenters. The van der Waals surface area contributed by atoms with E-state index in [1.165, 1.54) is 31.2 Å². The monoisotopic (exact) mass is 401 g/mol. The van der Waals surface area contributed by atoms with Crippen LogP contribution in [0.25, 0.3) is 0 Å². The molecule has 1 amide bonds. The molecule has 0 aliphatic rings. The number of ether oxygens (including phenoxy) is 1. The number of carbonyl (C=O) groups excluding carboxylic acids is 2. The van der Waals surface area contributed by atoms with Gasteiger partial charge in [-0.1, -0.05) is 25.1 Å². The molecule has 0 aliphatic carbocycles. The molecule has 0 saturated heterocycles. The van der Waals surface area contributed by atoms with Crippen LogP contribution in [0.5, 0.6) is 0 Å². The Hall–Kier alpha value is -3.22. The third-order valence-electron chi connectivity index (χ3n) is 3.67. The fourth-order valence-corrected chi connectivity index (χ4v) is 3.36. The van der Waals surface area contributed by atoms with Crippen LogP contribution in [0.15, 0.2) is 53.4 Å². The summed E-state index contributed by atoms with van der Waals surface area (Å²) in [5.41, 5.74) is 0.573. The highest BCUT2D eigenvalue weighted by Crippen LogP contribution is 2.16. The van der Waals surface area contributed by atoms with Gasteiger partial charge >= 0.3 is 5.97 Å². The van der Waals surface area contributed by atoms with E-state index in [4.69, 9.17) is 10.00 Å². The van der Waals surface area contributed by atoms with E-state index in [9.17, 15) is 18.0 Å². The van der Waals surface area contributed by atoms with Crippen molar-refractivity contribution in [2.75, 3.05) is 11.9 Å². The molecule has 0 heterocycles. The van der Waals surface area contributed by atoms with E-state index >= 15 is 0 Å². The van der Waals surface area contributed by atoms with Crippen LogP contribution >= 0.6 is 0 Å². The van der Waals surface area contributed by atoms with Gasteiger partial charge in [0.25, 0.3) is 5.91 Å². The molecule has 2 rings (SSSR count). The quantitative estimate of drug-likeness (QED) is 0.684. The van der Waals surface area contributed by atoms with Crippen LogP contribution in [0.3, 0.4) is 0 Å². The summed E-state index contributed by atoms with van der Waals surface area (Å²) >= 11 is 0. The van der Waals surface area contributed by atoms with Crippen LogP contribution in [0.2, 0.25) is 0 Å². The number of nitrogens with one attached hydrogen (secondary N) is 2. The number of hydrogen-bond acceptors (Lipinski definition) is 6. The van der Waals surface area contributed by atoms with Crippen molar-refractivity contribution in [3.63, 3.8) is 0 Å². The Kier molecular flexibility index (Phi) is 6.87. The second-order valence-electron chi connectivity index (χ2n) is 5.72. The molecule has 0 aliphatic heterocycles. The van der Waals surface area contributed by atoms with Gasteiger partial charge in [0.15, 0.2) is 6.10 Å². The molecule has 0 saturated carbocycles. The smallest absolute Gasteiger partial charge is 0.338 e. The average molecular weight is 401 g/mol. The lowest BCUT2D eigenvalue weighted by Crippen LogP contribution is -2.30. The predicted molar refractivity (Wildman–Crippen MR) is 102 cm³/mol. The van der Waals surface area contributed by atoms with Crippen LogP contribution in [-0.4, -0.2) is 32.9 Å². The molecule has 2 aromatic carbocycles. The van der Waals surface area contributed by atoms with Crippen molar-refractivity contribution in [2.45, 2.75) is 24.8 Å². The zero-order chi connectivity index (χ0) is 20.7. The summed E-state index contributed by atoms with van der Waals surface area (Å²) in [5.74, 6) is -1.46. The Morgan fingerprint density at radius 1 is 1.18 bits per heavy atom. The predicted octanol–water partition coefficient (Wildman–Crippen LogP) is 2.04. The van der Waals surface area contributed by atoms with Crippen molar-refractivity contribution in [2.24, 2.45) is 0 Å². The molecule has 2 aromatic rings. The third-order valence-corrected chi connectivity index (χ3v) is 5.22. The summed E-state index contributed by atoms with van der Waals surface area (Å²) in [5, 5.41) is 11.6. The van der Waals surface area contributed by atoms with Crippen LogP contribution < -0.4 is 10.0 Å². The van der Waals surface area contributed by atoms with Crippen molar-refractivity contribution >= 4 is 27.6 Å². The number of sulfonamides is 1. The zero-order valence-electron chi connectivity index (χ0n) is 15.3.